The maximum absolute atomic E-state index is 11.6. The summed E-state index contributed by atoms with van der Waals surface area (Å²) in [6, 6.07) is 19.1. The predicted molar refractivity (Wildman–Crippen MR) is 108 cm³/mol. The molecule has 1 aromatic heterocycles. The summed E-state index contributed by atoms with van der Waals surface area (Å²) in [7, 11) is 1.59. The molecule has 0 spiro atoms. The van der Waals surface area contributed by atoms with E-state index in [1.54, 1.807) is 31.4 Å². The molecule has 0 aliphatic heterocycles. The third-order valence-electron chi connectivity index (χ3n) is 4.01. The van der Waals surface area contributed by atoms with Gasteiger partial charge in [-0.25, -0.2) is 4.79 Å². The van der Waals surface area contributed by atoms with Crippen molar-refractivity contribution in [2.45, 2.75) is 6.42 Å². The molecular formula is C22H20O4S. The van der Waals surface area contributed by atoms with Gasteiger partial charge in [0, 0.05) is 11.3 Å². The molecule has 0 unspecified atom stereocenters. The van der Waals surface area contributed by atoms with E-state index in [-0.39, 0.29) is 5.57 Å². The Balaban J connectivity index is 1.80. The van der Waals surface area contributed by atoms with Gasteiger partial charge in [0.05, 0.1) is 19.3 Å². The van der Waals surface area contributed by atoms with Crippen molar-refractivity contribution in [3.8, 4) is 11.5 Å². The van der Waals surface area contributed by atoms with Crippen molar-refractivity contribution in [1.29, 1.82) is 0 Å². The first-order valence-electron chi connectivity index (χ1n) is 8.51. The molecule has 0 atom stereocenters. The third kappa shape index (κ3) is 4.99. The summed E-state index contributed by atoms with van der Waals surface area (Å²) in [5.41, 5.74) is 2.19. The number of carboxylic acids is 1. The van der Waals surface area contributed by atoms with Crippen LogP contribution in [-0.2, 0) is 11.2 Å². The highest BCUT2D eigenvalue weighted by Crippen LogP contribution is 2.31. The number of benzene rings is 2. The molecule has 138 valence electrons. The lowest BCUT2D eigenvalue weighted by Crippen LogP contribution is -2.03. The summed E-state index contributed by atoms with van der Waals surface area (Å²) < 4.78 is 11.3. The van der Waals surface area contributed by atoms with Crippen LogP contribution >= 0.6 is 11.3 Å². The quantitative estimate of drug-likeness (QED) is 0.559. The molecule has 3 aromatic rings. The second-order valence-electron chi connectivity index (χ2n) is 5.83. The van der Waals surface area contributed by atoms with Gasteiger partial charge < -0.3 is 14.6 Å². The first kappa shape index (κ1) is 18.7. The van der Waals surface area contributed by atoms with Crippen molar-refractivity contribution in [3.05, 3.63) is 82.0 Å². The number of carboxylic acid groups (broad SMARTS) is 1. The Kier molecular flexibility index (Phi) is 6.28. The number of hydrogen-bond acceptors (Lipinski definition) is 4. The Morgan fingerprint density at radius 1 is 1.07 bits per heavy atom. The molecule has 0 fully saturated rings. The molecule has 3 rings (SSSR count). The number of ether oxygens (including phenoxy) is 2. The lowest BCUT2D eigenvalue weighted by Gasteiger charge is -2.12. The molecule has 0 aliphatic carbocycles. The summed E-state index contributed by atoms with van der Waals surface area (Å²) in [5, 5.41) is 11.4. The van der Waals surface area contributed by atoms with Crippen LogP contribution in [0, 0.1) is 0 Å². The summed E-state index contributed by atoms with van der Waals surface area (Å²) in [6.07, 6.45) is 2.43. The normalized spacial score (nSPS) is 11.2. The Morgan fingerprint density at radius 3 is 2.56 bits per heavy atom. The first-order valence-corrected chi connectivity index (χ1v) is 9.39. The van der Waals surface area contributed by atoms with Gasteiger partial charge in [-0.15, -0.1) is 11.3 Å². The summed E-state index contributed by atoms with van der Waals surface area (Å²) >= 11 is 1.40. The fourth-order valence-electron chi connectivity index (χ4n) is 2.66. The molecule has 2 aromatic carbocycles. The molecule has 27 heavy (non-hydrogen) atoms. The van der Waals surface area contributed by atoms with E-state index in [1.807, 2.05) is 35.7 Å². The van der Waals surface area contributed by atoms with E-state index in [4.69, 9.17) is 9.47 Å². The Bertz CT molecular complexity index is 915. The fraction of sp³-hybridized carbons (Fsp3) is 0.136. The molecule has 0 aliphatic rings. The summed E-state index contributed by atoms with van der Waals surface area (Å²) in [6.45, 7) is 0.504. The molecular weight excluding hydrogens is 360 g/mol. The van der Waals surface area contributed by atoms with Crippen LogP contribution in [-0.4, -0.2) is 24.8 Å². The molecule has 1 heterocycles. The van der Waals surface area contributed by atoms with Crippen LogP contribution in [0.2, 0.25) is 0 Å². The third-order valence-corrected chi connectivity index (χ3v) is 4.91. The van der Waals surface area contributed by atoms with E-state index in [2.05, 4.69) is 12.1 Å². The van der Waals surface area contributed by atoms with E-state index in [0.717, 1.165) is 12.0 Å². The van der Waals surface area contributed by atoms with Gasteiger partial charge >= 0.3 is 5.97 Å². The SMILES string of the molecule is COc1ccc(/C=C(\C(=O)O)c2cccs2)cc1OCCc1ccccc1. The molecule has 0 bridgehead atoms. The number of methoxy groups -OCH3 is 1. The minimum absolute atomic E-state index is 0.255. The van der Waals surface area contributed by atoms with Crippen LogP contribution in [0.15, 0.2) is 66.0 Å². The largest absolute Gasteiger partial charge is 0.493 e. The zero-order valence-electron chi connectivity index (χ0n) is 14.9. The van der Waals surface area contributed by atoms with Crippen molar-refractivity contribution >= 4 is 29.0 Å². The van der Waals surface area contributed by atoms with Gasteiger partial charge in [0.15, 0.2) is 11.5 Å². The molecule has 4 nitrogen and oxygen atoms in total. The van der Waals surface area contributed by atoms with Gasteiger partial charge in [0.2, 0.25) is 0 Å². The van der Waals surface area contributed by atoms with E-state index in [0.29, 0.717) is 23.0 Å². The summed E-state index contributed by atoms with van der Waals surface area (Å²) in [5.74, 6) is 0.256. The Hall–Kier alpha value is -3.05. The lowest BCUT2D eigenvalue weighted by atomic mass is 10.1. The van der Waals surface area contributed by atoms with E-state index >= 15 is 0 Å². The molecule has 5 heteroatoms. The predicted octanol–water partition coefficient (Wildman–Crippen LogP) is 5.00. The lowest BCUT2D eigenvalue weighted by molar-refractivity contribution is -0.130. The van der Waals surface area contributed by atoms with Crippen LogP contribution < -0.4 is 9.47 Å². The zero-order valence-corrected chi connectivity index (χ0v) is 15.7. The van der Waals surface area contributed by atoms with Crippen molar-refractivity contribution in [3.63, 3.8) is 0 Å². The second kappa shape index (κ2) is 9.05. The second-order valence-corrected chi connectivity index (χ2v) is 6.78. The van der Waals surface area contributed by atoms with Crippen LogP contribution in [0.3, 0.4) is 0 Å². The van der Waals surface area contributed by atoms with E-state index in [9.17, 15) is 9.90 Å². The monoisotopic (exact) mass is 380 g/mol. The minimum Gasteiger partial charge on any atom is -0.493 e. The molecule has 0 radical (unpaired) electrons. The Morgan fingerprint density at radius 2 is 1.89 bits per heavy atom. The average Bonchev–Trinajstić information content (AvgIpc) is 3.21. The topological polar surface area (TPSA) is 55.8 Å². The van der Waals surface area contributed by atoms with Crippen LogP contribution in [0.4, 0.5) is 0 Å². The van der Waals surface area contributed by atoms with Gasteiger partial charge in [-0.2, -0.15) is 0 Å². The van der Waals surface area contributed by atoms with Crippen molar-refractivity contribution < 1.29 is 19.4 Å². The first-order chi connectivity index (χ1) is 13.2. The number of carbonyl (C=O) groups is 1. The molecule has 1 N–H and O–H groups in total. The zero-order chi connectivity index (χ0) is 19.1. The van der Waals surface area contributed by atoms with Crippen molar-refractivity contribution in [2.24, 2.45) is 0 Å². The number of rotatable bonds is 8. The smallest absolute Gasteiger partial charge is 0.337 e. The van der Waals surface area contributed by atoms with Gasteiger partial charge in [-0.05, 0) is 40.8 Å². The van der Waals surface area contributed by atoms with Crippen molar-refractivity contribution in [2.75, 3.05) is 13.7 Å². The van der Waals surface area contributed by atoms with Crippen LogP contribution in [0.25, 0.3) is 11.6 Å². The Labute approximate surface area is 162 Å². The van der Waals surface area contributed by atoms with Crippen molar-refractivity contribution in [1.82, 2.24) is 0 Å². The summed E-state index contributed by atoms with van der Waals surface area (Å²) in [4.78, 5) is 12.3. The van der Waals surface area contributed by atoms with Crippen LogP contribution in [0.5, 0.6) is 11.5 Å². The van der Waals surface area contributed by atoms with Gasteiger partial charge in [0.1, 0.15) is 0 Å². The highest BCUT2D eigenvalue weighted by atomic mass is 32.1. The number of hydrogen-bond donors (Lipinski definition) is 1. The maximum atomic E-state index is 11.6. The fourth-order valence-corrected chi connectivity index (χ4v) is 3.39. The minimum atomic E-state index is -0.959. The molecule has 0 amide bonds. The standard InChI is InChI=1S/C22H20O4S/c1-25-19-10-9-17(14-18(22(23)24)21-8-5-13-27-21)15-20(19)26-12-11-16-6-3-2-4-7-16/h2-10,13-15H,11-12H2,1H3,(H,23,24)/b18-14-. The van der Waals surface area contributed by atoms with E-state index in [1.165, 1.54) is 16.9 Å². The van der Waals surface area contributed by atoms with Gasteiger partial charge in [-0.3, -0.25) is 0 Å². The average molecular weight is 380 g/mol. The molecule has 0 saturated heterocycles. The highest BCUT2D eigenvalue weighted by Gasteiger charge is 2.13. The number of aliphatic carboxylic acids is 1. The van der Waals surface area contributed by atoms with E-state index < -0.39 is 5.97 Å². The number of thiophene rings is 1. The van der Waals surface area contributed by atoms with Crippen LogP contribution in [0.1, 0.15) is 16.0 Å². The molecule has 0 saturated carbocycles. The van der Waals surface area contributed by atoms with Gasteiger partial charge in [-0.1, -0.05) is 42.5 Å². The maximum Gasteiger partial charge on any atom is 0.337 e. The van der Waals surface area contributed by atoms with Gasteiger partial charge in [0.25, 0.3) is 0 Å². The highest BCUT2D eigenvalue weighted by molar-refractivity contribution is 7.11.